The first kappa shape index (κ1) is 26.7. The van der Waals surface area contributed by atoms with Crippen LogP contribution in [0.3, 0.4) is 0 Å². The number of hydrogen-bond donors (Lipinski definition) is 2. The van der Waals surface area contributed by atoms with E-state index < -0.39 is 16.7 Å². The molecular weight excluding hydrogens is 484 g/mol. The molecule has 36 heavy (non-hydrogen) atoms. The number of non-ortho nitro benzene ring substituents is 1. The molecule has 2 aromatic carbocycles. The average molecular weight is 513 g/mol. The van der Waals surface area contributed by atoms with Crippen LogP contribution in [0.4, 0.5) is 5.69 Å². The van der Waals surface area contributed by atoms with E-state index in [2.05, 4.69) is 41.8 Å². The Morgan fingerprint density at radius 2 is 1.89 bits per heavy atom. The molecule has 0 spiro atoms. The van der Waals surface area contributed by atoms with Crippen LogP contribution in [0.2, 0.25) is 0 Å². The second kappa shape index (κ2) is 12.7. The Bertz CT molecular complexity index is 1210. The summed E-state index contributed by atoms with van der Waals surface area (Å²) in [7, 11) is 0. The topological polar surface area (TPSA) is 141 Å². The highest BCUT2D eigenvalue weighted by molar-refractivity contribution is 7.99. The molecule has 0 fully saturated rings. The number of nitro groups is 1. The van der Waals surface area contributed by atoms with Gasteiger partial charge in [-0.15, -0.1) is 10.2 Å². The molecule has 190 valence electrons. The fourth-order valence-corrected chi connectivity index (χ4v) is 3.94. The fourth-order valence-electron chi connectivity index (χ4n) is 3.18. The normalized spacial score (nSPS) is 10.8. The van der Waals surface area contributed by atoms with Gasteiger partial charge < -0.3 is 9.30 Å². The predicted octanol–water partition coefficient (Wildman–Crippen LogP) is 3.54. The molecule has 0 aliphatic heterocycles. The molecule has 2 N–H and O–H groups in total. The van der Waals surface area contributed by atoms with E-state index in [-0.39, 0.29) is 23.6 Å². The first-order valence-electron chi connectivity index (χ1n) is 11.4. The number of ether oxygens (including phenoxy) is 1. The van der Waals surface area contributed by atoms with Crippen molar-refractivity contribution in [3.8, 4) is 5.75 Å². The van der Waals surface area contributed by atoms with Crippen LogP contribution in [0.25, 0.3) is 0 Å². The molecule has 0 saturated carbocycles. The minimum absolute atomic E-state index is 0.0230. The second-order valence-corrected chi connectivity index (χ2v) is 9.23. The third-order valence-electron chi connectivity index (χ3n) is 5.01. The third kappa shape index (κ3) is 7.54. The molecule has 0 saturated heterocycles. The smallest absolute Gasteiger partial charge is 0.270 e. The first-order chi connectivity index (χ1) is 17.3. The summed E-state index contributed by atoms with van der Waals surface area (Å²) in [6.07, 6.45) is 0.954. The molecule has 0 aliphatic carbocycles. The molecule has 0 bridgehead atoms. The number of nitrogens with one attached hydrogen (secondary N) is 2. The summed E-state index contributed by atoms with van der Waals surface area (Å²) in [4.78, 5) is 34.8. The SMILES string of the molecule is CCc1ccc(OCc2nnc(SCC(=O)NNC(=O)c3cccc([N+](=O)[O-])c3)n2CC(C)C)cc1. The van der Waals surface area contributed by atoms with Gasteiger partial charge in [-0.05, 0) is 36.1 Å². The van der Waals surface area contributed by atoms with Gasteiger partial charge in [-0.3, -0.25) is 30.6 Å². The summed E-state index contributed by atoms with van der Waals surface area (Å²) in [5.74, 6) is 0.541. The van der Waals surface area contributed by atoms with Crippen LogP contribution in [-0.2, 0) is 24.4 Å². The lowest BCUT2D eigenvalue weighted by Crippen LogP contribution is -2.42. The number of hydrazine groups is 1. The van der Waals surface area contributed by atoms with Crippen LogP contribution in [-0.4, -0.2) is 37.3 Å². The van der Waals surface area contributed by atoms with Crippen LogP contribution in [0.1, 0.15) is 42.5 Å². The summed E-state index contributed by atoms with van der Waals surface area (Å²) in [5, 5.41) is 19.9. The van der Waals surface area contributed by atoms with Crippen molar-refractivity contribution in [1.82, 2.24) is 25.6 Å². The van der Waals surface area contributed by atoms with Crippen LogP contribution < -0.4 is 15.6 Å². The number of carbonyl (C=O) groups excluding carboxylic acids is 2. The molecule has 3 aromatic rings. The average Bonchev–Trinajstić information content (AvgIpc) is 3.25. The Kier molecular flexibility index (Phi) is 9.39. The van der Waals surface area contributed by atoms with Crippen molar-refractivity contribution in [2.45, 2.75) is 45.5 Å². The molecule has 3 rings (SSSR count). The van der Waals surface area contributed by atoms with Gasteiger partial charge in [-0.2, -0.15) is 0 Å². The van der Waals surface area contributed by atoms with Crippen LogP contribution in [0.5, 0.6) is 5.75 Å². The molecular formula is C24H28N6O5S. The number of thioether (sulfide) groups is 1. The van der Waals surface area contributed by atoms with Gasteiger partial charge in [0.25, 0.3) is 11.6 Å². The van der Waals surface area contributed by atoms with E-state index in [1.165, 1.54) is 35.5 Å². The number of nitro benzene ring substituents is 1. The summed E-state index contributed by atoms with van der Waals surface area (Å²) in [6, 6.07) is 13.1. The number of benzene rings is 2. The minimum atomic E-state index is -0.661. The number of hydrogen-bond acceptors (Lipinski definition) is 8. The maximum absolute atomic E-state index is 12.3. The minimum Gasteiger partial charge on any atom is -0.486 e. The zero-order valence-corrected chi connectivity index (χ0v) is 21.1. The van der Waals surface area contributed by atoms with E-state index >= 15 is 0 Å². The van der Waals surface area contributed by atoms with Gasteiger partial charge in [0.2, 0.25) is 5.91 Å². The van der Waals surface area contributed by atoms with Crippen molar-refractivity contribution in [2.75, 3.05) is 5.75 Å². The summed E-state index contributed by atoms with van der Waals surface area (Å²) < 4.78 is 7.80. The highest BCUT2D eigenvalue weighted by atomic mass is 32.2. The lowest BCUT2D eigenvalue weighted by Gasteiger charge is -2.13. The number of aryl methyl sites for hydroxylation is 1. The molecule has 0 unspecified atom stereocenters. The summed E-state index contributed by atoms with van der Waals surface area (Å²) in [6.45, 7) is 7.11. The third-order valence-corrected chi connectivity index (χ3v) is 5.97. The number of aromatic nitrogens is 3. The molecule has 0 atom stereocenters. The van der Waals surface area contributed by atoms with Crippen molar-refractivity contribution in [2.24, 2.45) is 5.92 Å². The largest absolute Gasteiger partial charge is 0.486 e. The van der Waals surface area contributed by atoms with E-state index in [0.717, 1.165) is 18.2 Å². The molecule has 12 heteroatoms. The summed E-state index contributed by atoms with van der Waals surface area (Å²) in [5.41, 5.74) is 5.64. The van der Waals surface area contributed by atoms with Gasteiger partial charge in [0.1, 0.15) is 12.4 Å². The van der Waals surface area contributed by atoms with E-state index in [0.29, 0.717) is 23.4 Å². The lowest BCUT2D eigenvalue weighted by atomic mass is 10.2. The number of nitrogens with zero attached hydrogens (tertiary/aromatic N) is 4. The van der Waals surface area contributed by atoms with Crippen molar-refractivity contribution >= 4 is 29.3 Å². The number of carbonyl (C=O) groups is 2. The van der Waals surface area contributed by atoms with E-state index in [4.69, 9.17) is 4.74 Å². The monoisotopic (exact) mass is 512 g/mol. The van der Waals surface area contributed by atoms with Crippen LogP contribution >= 0.6 is 11.8 Å². The maximum Gasteiger partial charge on any atom is 0.270 e. The highest BCUT2D eigenvalue weighted by Gasteiger charge is 2.17. The van der Waals surface area contributed by atoms with E-state index in [1.54, 1.807) is 0 Å². The Morgan fingerprint density at radius 1 is 1.14 bits per heavy atom. The first-order valence-corrected chi connectivity index (χ1v) is 12.4. The number of rotatable bonds is 11. The number of amides is 2. The van der Waals surface area contributed by atoms with Gasteiger partial charge in [-0.25, -0.2) is 0 Å². The summed E-state index contributed by atoms with van der Waals surface area (Å²) >= 11 is 1.18. The van der Waals surface area contributed by atoms with Gasteiger partial charge in [-0.1, -0.05) is 50.7 Å². The zero-order valence-electron chi connectivity index (χ0n) is 20.3. The molecule has 1 aromatic heterocycles. The molecule has 11 nitrogen and oxygen atoms in total. The van der Waals surface area contributed by atoms with E-state index in [9.17, 15) is 19.7 Å². The predicted molar refractivity (Wildman–Crippen MR) is 134 cm³/mol. The van der Waals surface area contributed by atoms with Crippen LogP contribution in [0, 0.1) is 16.0 Å². The van der Waals surface area contributed by atoms with Crippen molar-refractivity contribution in [3.63, 3.8) is 0 Å². The van der Waals surface area contributed by atoms with Crippen molar-refractivity contribution in [3.05, 3.63) is 75.6 Å². The van der Waals surface area contributed by atoms with Gasteiger partial charge in [0, 0.05) is 24.2 Å². The lowest BCUT2D eigenvalue weighted by molar-refractivity contribution is -0.384. The standard InChI is InChI=1S/C24H28N6O5S/c1-4-17-8-10-20(11-9-17)35-14-21-25-28-24(29(21)13-16(2)3)36-15-22(31)26-27-23(32)18-6-5-7-19(12-18)30(33)34/h5-12,16H,4,13-15H2,1-3H3,(H,26,31)(H,27,32). The quantitative estimate of drug-likeness (QED) is 0.226. The Hall–Kier alpha value is -3.93. The van der Waals surface area contributed by atoms with Gasteiger partial charge in [0.05, 0.1) is 10.7 Å². The molecule has 0 aliphatic rings. The van der Waals surface area contributed by atoms with Gasteiger partial charge >= 0.3 is 0 Å². The Balaban J connectivity index is 1.56. The van der Waals surface area contributed by atoms with E-state index in [1.807, 2.05) is 28.8 Å². The van der Waals surface area contributed by atoms with Crippen LogP contribution in [0.15, 0.2) is 53.7 Å². The van der Waals surface area contributed by atoms with Crippen molar-refractivity contribution in [1.29, 1.82) is 0 Å². The molecule has 2 amide bonds. The highest BCUT2D eigenvalue weighted by Crippen LogP contribution is 2.20. The Morgan fingerprint density at radius 3 is 2.56 bits per heavy atom. The Labute approximate surface area is 212 Å². The molecule has 1 heterocycles. The second-order valence-electron chi connectivity index (χ2n) is 8.29. The molecule has 0 radical (unpaired) electrons. The maximum atomic E-state index is 12.3. The van der Waals surface area contributed by atoms with Crippen molar-refractivity contribution < 1.29 is 19.2 Å². The zero-order chi connectivity index (χ0) is 26.1. The van der Waals surface area contributed by atoms with Gasteiger partial charge in [0.15, 0.2) is 11.0 Å². The fraction of sp³-hybridized carbons (Fsp3) is 0.333.